The quantitative estimate of drug-likeness (QED) is 0.450. The average molecular weight is 497 g/mol. The van der Waals surface area contributed by atoms with Crippen LogP contribution in [0.1, 0.15) is 0 Å². The van der Waals surface area contributed by atoms with Crippen molar-refractivity contribution in [3.05, 3.63) is 61.1 Å². The zero-order valence-electron chi connectivity index (χ0n) is 19.2. The molecule has 1 N–H and O–H groups in total. The molecule has 5 rings (SSSR count). The molecule has 2 aromatic carbocycles. The van der Waals surface area contributed by atoms with Gasteiger partial charge in [-0.1, -0.05) is 18.2 Å². The van der Waals surface area contributed by atoms with Crippen LogP contribution in [0.15, 0.2) is 61.1 Å². The first-order valence-corrected chi connectivity index (χ1v) is 11.2. The number of aromatic nitrogens is 4. The number of nitrogens with one attached hydrogen (secondary N) is 1. The molecule has 3 heterocycles. The van der Waals surface area contributed by atoms with Gasteiger partial charge >= 0.3 is 12.1 Å². The Morgan fingerprint density at radius 3 is 2.42 bits per heavy atom. The summed E-state index contributed by atoms with van der Waals surface area (Å²) < 4.78 is 45.2. The van der Waals surface area contributed by atoms with Gasteiger partial charge in [0.2, 0.25) is 0 Å². The van der Waals surface area contributed by atoms with Crippen LogP contribution in [0.5, 0.6) is 5.75 Å². The van der Waals surface area contributed by atoms with Crippen molar-refractivity contribution < 1.29 is 22.7 Å². The lowest BCUT2D eigenvalue weighted by atomic mass is 10.2. The van der Waals surface area contributed by atoms with Gasteiger partial charge in [0, 0.05) is 31.9 Å². The lowest BCUT2D eigenvalue weighted by molar-refractivity contribution is -0.167. The third-order valence-corrected chi connectivity index (χ3v) is 5.96. The fourth-order valence-electron chi connectivity index (χ4n) is 4.22. The van der Waals surface area contributed by atoms with Crippen molar-refractivity contribution in [2.24, 2.45) is 0 Å². The molecule has 2 aromatic heterocycles. The monoisotopic (exact) mass is 497 g/mol. The maximum atomic E-state index is 12.7. The number of hydrogen-bond donors (Lipinski definition) is 1. The summed E-state index contributed by atoms with van der Waals surface area (Å²) in [6.07, 6.45) is -1.70. The minimum atomic E-state index is -4.97. The summed E-state index contributed by atoms with van der Waals surface area (Å²) in [6.45, 7) is 2.33. The van der Waals surface area contributed by atoms with Crippen molar-refractivity contribution in [1.82, 2.24) is 19.7 Å². The Hall–Kier alpha value is -4.35. The van der Waals surface area contributed by atoms with E-state index in [1.54, 1.807) is 16.9 Å². The Morgan fingerprint density at radius 2 is 1.72 bits per heavy atom. The minimum Gasteiger partial charge on any atom is -0.495 e. The highest BCUT2D eigenvalue weighted by Gasteiger charge is 2.38. The van der Waals surface area contributed by atoms with E-state index >= 15 is 0 Å². The summed E-state index contributed by atoms with van der Waals surface area (Å²) in [6, 6.07) is 14.1. The van der Waals surface area contributed by atoms with Gasteiger partial charge in [0.25, 0.3) is 0 Å². The van der Waals surface area contributed by atoms with E-state index in [1.165, 1.54) is 25.6 Å². The Bertz CT molecular complexity index is 1380. The second-order valence-electron chi connectivity index (χ2n) is 8.14. The molecule has 1 amide bonds. The van der Waals surface area contributed by atoms with Crippen molar-refractivity contribution in [1.29, 1.82) is 0 Å². The lowest BCUT2D eigenvalue weighted by Crippen LogP contribution is -2.47. The largest absolute Gasteiger partial charge is 0.495 e. The van der Waals surface area contributed by atoms with Crippen LogP contribution in [0.3, 0.4) is 0 Å². The number of amides is 1. The highest BCUT2D eigenvalue weighted by molar-refractivity contribution is 5.95. The number of nitrogens with zero attached hydrogens (tertiary/aromatic N) is 6. The van der Waals surface area contributed by atoms with Gasteiger partial charge in [-0.3, -0.25) is 4.79 Å². The van der Waals surface area contributed by atoms with E-state index in [0.717, 1.165) is 16.9 Å². The second-order valence-corrected chi connectivity index (χ2v) is 8.14. The molecule has 9 nitrogen and oxygen atoms in total. The van der Waals surface area contributed by atoms with Crippen molar-refractivity contribution in [3.63, 3.8) is 0 Å². The van der Waals surface area contributed by atoms with Gasteiger partial charge in [0.1, 0.15) is 17.9 Å². The van der Waals surface area contributed by atoms with E-state index in [0.29, 0.717) is 43.3 Å². The molecule has 1 saturated heterocycles. The third-order valence-electron chi connectivity index (χ3n) is 5.96. The van der Waals surface area contributed by atoms with Gasteiger partial charge in [-0.2, -0.15) is 18.3 Å². The number of alkyl halides is 3. The molecule has 1 aliphatic rings. The van der Waals surface area contributed by atoms with Gasteiger partial charge in [-0.15, -0.1) is 0 Å². The molecule has 1 fully saturated rings. The summed E-state index contributed by atoms with van der Waals surface area (Å²) in [5, 5.41) is 7.23. The van der Waals surface area contributed by atoms with Crippen LogP contribution < -0.4 is 19.9 Å². The smallest absolute Gasteiger partial charge is 0.471 e. The molecule has 0 radical (unpaired) electrons. The van der Waals surface area contributed by atoms with Crippen LogP contribution >= 0.6 is 0 Å². The molecule has 1 aliphatic heterocycles. The number of anilines is 3. The van der Waals surface area contributed by atoms with Gasteiger partial charge in [-0.25, -0.2) is 14.6 Å². The molecule has 0 saturated carbocycles. The van der Waals surface area contributed by atoms with E-state index < -0.39 is 12.1 Å². The Kier molecular flexibility index (Phi) is 6.08. The first kappa shape index (κ1) is 23.4. The average Bonchev–Trinajstić information content (AvgIpc) is 3.33. The van der Waals surface area contributed by atoms with Crippen LogP contribution in [-0.2, 0) is 4.79 Å². The second kappa shape index (κ2) is 9.36. The number of carbonyl (C=O) groups excluding carboxylic acids is 1. The molecule has 0 unspecified atom stereocenters. The number of hydrogen-bond acceptors (Lipinski definition) is 7. The molecule has 12 heteroatoms. The summed E-state index contributed by atoms with van der Waals surface area (Å²) in [4.78, 5) is 24.4. The Labute approximate surface area is 204 Å². The minimum absolute atomic E-state index is 0.0430. The molecule has 36 heavy (non-hydrogen) atoms. The highest BCUT2D eigenvalue weighted by Crippen LogP contribution is 2.34. The Morgan fingerprint density at radius 1 is 1.00 bits per heavy atom. The van der Waals surface area contributed by atoms with E-state index in [2.05, 4.69) is 20.0 Å². The number of rotatable bonds is 5. The predicted molar refractivity (Wildman–Crippen MR) is 129 cm³/mol. The number of carbonyl (C=O) groups is 1. The number of ether oxygens (including phenoxy) is 1. The van der Waals surface area contributed by atoms with Crippen LogP contribution in [0.4, 0.5) is 30.4 Å². The van der Waals surface area contributed by atoms with Gasteiger partial charge in [0.05, 0.1) is 30.1 Å². The van der Waals surface area contributed by atoms with E-state index in [-0.39, 0.29) is 5.69 Å². The number of piperazine rings is 1. The summed E-state index contributed by atoms with van der Waals surface area (Å²) in [5.74, 6) is -0.755. The number of methoxy groups -OCH3 is 1. The van der Waals surface area contributed by atoms with Gasteiger partial charge in [0.15, 0.2) is 5.65 Å². The van der Waals surface area contributed by atoms with Gasteiger partial charge < -0.3 is 19.9 Å². The number of para-hydroxylation sites is 1. The first-order chi connectivity index (χ1) is 17.3. The highest BCUT2D eigenvalue weighted by atomic mass is 19.4. The van der Waals surface area contributed by atoms with Crippen LogP contribution in [0, 0.1) is 0 Å². The normalized spacial score (nSPS) is 14.2. The Balaban J connectivity index is 1.35. The molecule has 0 aliphatic carbocycles. The maximum Gasteiger partial charge on any atom is 0.471 e. The SMILES string of the molecule is COc1ccc(NC(=O)C(F)(F)F)cc1N1CCN(c2ncnc3c2cnn3-c2ccccc2)CC1. The zero-order chi connectivity index (χ0) is 25.3. The maximum absolute atomic E-state index is 12.7. The van der Waals surface area contributed by atoms with Gasteiger partial charge in [-0.05, 0) is 30.3 Å². The van der Waals surface area contributed by atoms with Crippen LogP contribution in [0.2, 0.25) is 0 Å². The summed E-state index contributed by atoms with van der Waals surface area (Å²) in [5.41, 5.74) is 2.23. The summed E-state index contributed by atoms with van der Waals surface area (Å²) in [7, 11) is 1.49. The third kappa shape index (κ3) is 4.49. The van der Waals surface area contributed by atoms with Crippen LogP contribution in [-0.4, -0.2) is 65.1 Å². The van der Waals surface area contributed by atoms with Crippen molar-refractivity contribution >= 4 is 34.1 Å². The topological polar surface area (TPSA) is 88.4 Å². The van der Waals surface area contributed by atoms with E-state index in [9.17, 15) is 18.0 Å². The molecular weight excluding hydrogens is 475 g/mol. The fourth-order valence-corrected chi connectivity index (χ4v) is 4.22. The molecule has 0 bridgehead atoms. The molecule has 0 atom stereocenters. The number of benzene rings is 2. The lowest BCUT2D eigenvalue weighted by Gasteiger charge is -2.37. The number of halogens is 3. The van der Waals surface area contributed by atoms with Crippen molar-refractivity contribution in [3.8, 4) is 11.4 Å². The van der Waals surface area contributed by atoms with E-state index in [1.807, 2.05) is 40.5 Å². The van der Waals surface area contributed by atoms with E-state index in [4.69, 9.17) is 4.74 Å². The van der Waals surface area contributed by atoms with Crippen molar-refractivity contribution in [2.75, 3.05) is 48.4 Å². The molecule has 0 spiro atoms. The van der Waals surface area contributed by atoms with Crippen LogP contribution in [0.25, 0.3) is 16.7 Å². The molecule has 186 valence electrons. The molecule has 4 aromatic rings. The summed E-state index contributed by atoms with van der Waals surface area (Å²) >= 11 is 0. The standard InChI is InChI=1S/C24H22F3N7O2/c1-36-20-8-7-16(31-23(35)24(25,26)27)13-19(20)32-9-11-33(12-10-32)21-18-14-30-34(22(18)29-15-28-21)17-5-3-2-4-6-17/h2-8,13-15H,9-12H2,1H3,(H,31,35). The predicted octanol–water partition coefficient (Wildman–Crippen LogP) is 3.65. The fraction of sp³-hybridized carbons (Fsp3) is 0.250. The molecular formula is C24H22F3N7O2. The van der Waals surface area contributed by atoms with Crippen molar-refractivity contribution in [2.45, 2.75) is 6.18 Å². The zero-order valence-corrected chi connectivity index (χ0v) is 19.2. The first-order valence-electron chi connectivity index (χ1n) is 11.2. The number of fused-ring (bicyclic) bond motifs is 1.